The molecular formula is C22H24S4. The van der Waals surface area contributed by atoms with Gasteiger partial charge < -0.3 is 0 Å². The molecule has 0 saturated carbocycles. The molecule has 0 bridgehead atoms. The molecular weight excluding hydrogens is 393 g/mol. The summed E-state index contributed by atoms with van der Waals surface area (Å²) in [7, 11) is 0. The molecule has 0 atom stereocenters. The third kappa shape index (κ3) is 3.63. The molecule has 2 aliphatic rings. The van der Waals surface area contributed by atoms with E-state index in [2.05, 4.69) is 77.9 Å². The average Bonchev–Trinajstić information content (AvgIpc) is 3.15. The molecule has 2 aromatic carbocycles. The fourth-order valence-corrected chi connectivity index (χ4v) is 8.23. The van der Waals surface area contributed by atoms with Gasteiger partial charge in [-0.1, -0.05) is 101 Å². The summed E-state index contributed by atoms with van der Waals surface area (Å²) < 4.78 is 2.88. The van der Waals surface area contributed by atoms with Crippen molar-refractivity contribution in [2.24, 2.45) is 0 Å². The second-order valence-corrected chi connectivity index (χ2v) is 13.5. The van der Waals surface area contributed by atoms with Gasteiger partial charge in [0.2, 0.25) is 0 Å². The van der Waals surface area contributed by atoms with E-state index in [4.69, 9.17) is 0 Å². The van der Waals surface area contributed by atoms with Gasteiger partial charge in [0, 0.05) is 19.6 Å². The fourth-order valence-electron chi connectivity index (χ4n) is 2.89. The minimum Gasteiger partial charge on any atom is -0.0798 e. The normalized spacial score (nSPS) is 19.6. The molecule has 0 saturated heterocycles. The van der Waals surface area contributed by atoms with E-state index in [0.717, 1.165) is 0 Å². The maximum absolute atomic E-state index is 2.38. The maximum atomic E-state index is 2.38. The van der Waals surface area contributed by atoms with E-state index >= 15 is 0 Å². The largest absolute Gasteiger partial charge is 0.0798 e. The molecule has 136 valence electrons. The van der Waals surface area contributed by atoms with Gasteiger partial charge in [-0.15, -0.1) is 0 Å². The Balaban J connectivity index is 1.61. The summed E-state index contributed by atoms with van der Waals surface area (Å²) in [5, 5.41) is 0. The number of benzene rings is 2. The molecule has 26 heavy (non-hydrogen) atoms. The molecule has 2 aromatic rings. The Hall–Kier alpha value is -0.420. The first-order valence-electron chi connectivity index (χ1n) is 8.86. The van der Waals surface area contributed by atoms with Crippen LogP contribution >= 0.6 is 47.0 Å². The lowest BCUT2D eigenvalue weighted by Crippen LogP contribution is -2.10. The van der Waals surface area contributed by atoms with Crippen LogP contribution in [0.15, 0.2) is 64.5 Å². The zero-order valence-electron chi connectivity index (χ0n) is 16.1. The van der Waals surface area contributed by atoms with Crippen molar-refractivity contribution in [3.63, 3.8) is 0 Å². The van der Waals surface area contributed by atoms with Gasteiger partial charge in [0.1, 0.15) is 0 Å². The van der Waals surface area contributed by atoms with Crippen molar-refractivity contribution in [1.29, 1.82) is 0 Å². The summed E-state index contributed by atoms with van der Waals surface area (Å²) in [5.41, 5.74) is 3.24. The molecule has 0 nitrogen and oxygen atoms in total. The molecule has 0 radical (unpaired) electrons. The Labute approximate surface area is 174 Å². The predicted octanol–water partition coefficient (Wildman–Crippen LogP) is 8.50. The van der Waals surface area contributed by atoms with Gasteiger partial charge >= 0.3 is 0 Å². The zero-order chi connectivity index (χ0) is 18.7. The number of hydrogen-bond acceptors (Lipinski definition) is 4. The minimum absolute atomic E-state index is 0.201. The summed E-state index contributed by atoms with van der Waals surface area (Å²) in [6.07, 6.45) is 0. The molecule has 4 rings (SSSR count). The Bertz CT molecular complexity index is 835. The van der Waals surface area contributed by atoms with Crippen LogP contribution in [0.1, 0.15) is 52.7 Å². The van der Waals surface area contributed by atoms with Gasteiger partial charge in [0.25, 0.3) is 0 Å². The topological polar surface area (TPSA) is 0 Å². The number of rotatable bonds is 0. The Morgan fingerprint density at radius 3 is 1.19 bits per heavy atom. The van der Waals surface area contributed by atoms with Gasteiger partial charge in [0.15, 0.2) is 0 Å². The maximum Gasteiger partial charge on any atom is 0.0706 e. The number of hydrogen-bond donors (Lipinski definition) is 0. The molecule has 0 amide bonds. The van der Waals surface area contributed by atoms with Crippen LogP contribution in [-0.2, 0) is 10.8 Å². The highest BCUT2D eigenvalue weighted by Gasteiger charge is 2.28. The molecule has 0 fully saturated rings. The van der Waals surface area contributed by atoms with E-state index in [-0.39, 0.29) is 10.8 Å². The van der Waals surface area contributed by atoms with Crippen LogP contribution in [0.4, 0.5) is 0 Å². The lowest BCUT2D eigenvalue weighted by molar-refractivity contribution is 0.587. The van der Waals surface area contributed by atoms with Crippen LogP contribution < -0.4 is 0 Å². The molecule has 2 heterocycles. The van der Waals surface area contributed by atoms with E-state index in [1.165, 1.54) is 39.2 Å². The second-order valence-electron chi connectivity index (χ2n) is 8.81. The predicted molar refractivity (Wildman–Crippen MR) is 121 cm³/mol. The standard InChI is InChI=1S/C22H24S4/c1-21(2,3)13-7-9-15-17(11-13)25-19(23-15)20-24-16-10-8-14(22(4,5)6)12-18(16)26-20/h7-12H,1-6H3/b20-19+. The summed E-state index contributed by atoms with van der Waals surface area (Å²) in [4.78, 5) is 5.63. The van der Waals surface area contributed by atoms with E-state index in [1.54, 1.807) is 0 Å². The molecule has 0 aromatic heterocycles. The Morgan fingerprint density at radius 2 is 0.846 bits per heavy atom. The zero-order valence-corrected chi connectivity index (χ0v) is 19.4. The molecule has 0 aliphatic carbocycles. The van der Waals surface area contributed by atoms with E-state index < -0.39 is 0 Å². The highest BCUT2D eigenvalue weighted by atomic mass is 32.2. The van der Waals surface area contributed by atoms with Crippen molar-refractivity contribution in [2.45, 2.75) is 72.0 Å². The van der Waals surface area contributed by atoms with Crippen molar-refractivity contribution in [1.82, 2.24) is 0 Å². The third-order valence-electron chi connectivity index (χ3n) is 4.60. The van der Waals surface area contributed by atoms with E-state index in [0.29, 0.717) is 0 Å². The fraction of sp³-hybridized carbons (Fsp3) is 0.364. The van der Waals surface area contributed by atoms with E-state index in [9.17, 15) is 0 Å². The lowest BCUT2D eigenvalue weighted by atomic mass is 9.87. The Morgan fingerprint density at radius 1 is 0.500 bits per heavy atom. The molecule has 0 N–H and O–H groups in total. The smallest absolute Gasteiger partial charge is 0.0706 e. The van der Waals surface area contributed by atoms with Gasteiger partial charge in [-0.25, -0.2) is 0 Å². The number of fused-ring (bicyclic) bond motifs is 2. The van der Waals surface area contributed by atoms with E-state index in [1.807, 2.05) is 47.0 Å². The summed E-state index contributed by atoms with van der Waals surface area (Å²) in [5.74, 6) is 0. The second kappa shape index (κ2) is 6.58. The molecule has 0 unspecified atom stereocenters. The third-order valence-corrected chi connectivity index (χ3v) is 10.2. The van der Waals surface area contributed by atoms with Crippen molar-refractivity contribution in [3.05, 3.63) is 56.0 Å². The van der Waals surface area contributed by atoms with Crippen LogP contribution in [0.5, 0.6) is 0 Å². The van der Waals surface area contributed by atoms with Crippen LogP contribution in [0.25, 0.3) is 0 Å². The summed E-state index contributed by atoms with van der Waals surface area (Å²) in [6, 6.07) is 14.0. The van der Waals surface area contributed by atoms with Gasteiger partial charge in [-0.05, 0) is 46.2 Å². The first-order chi connectivity index (χ1) is 12.1. The minimum atomic E-state index is 0.201. The van der Waals surface area contributed by atoms with Crippen molar-refractivity contribution >= 4 is 47.0 Å². The molecule has 4 heteroatoms. The summed E-state index contributed by atoms with van der Waals surface area (Å²) in [6.45, 7) is 13.7. The summed E-state index contributed by atoms with van der Waals surface area (Å²) >= 11 is 7.76. The van der Waals surface area contributed by atoms with Crippen LogP contribution in [0, 0.1) is 0 Å². The van der Waals surface area contributed by atoms with Gasteiger partial charge in [-0.3, -0.25) is 0 Å². The average molecular weight is 417 g/mol. The number of thioether (sulfide) groups is 4. The van der Waals surface area contributed by atoms with Crippen LogP contribution in [0.2, 0.25) is 0 Å². The van der Waals surface area contributed by atoms with Gasteiger partial charge in [0.05, 0.1) is 8.47 Å². The lowest BCUT2D eigenvalue weighted by Gasteiger charge is -2.19. The van der Waals surface area contributed by atoms with Crippen molar-refractivity contribution < 1.29 is 0 Å². The molecule has 2 aliphatic heterocycles. The Kier molecular flexibility index (Phi) is 4.79. The molecule has 0 spiro atoms. The first-order valence-corrected chi connectivity index (χ1v) is 12.1. The van der Waals surface area contributed by atoms with Crippen molar-refractivity contribution in [2.75, 3.05) is 0 Å². The highest BCUT2D eigenvalue weighted by Crippen LogP contribution is 2.61. The van der Waals surface area contributed by atoms with Crippen LogP contribution in [-0.4, -0.2) is 0 Å². The van der Waals surface area contributed by atoms with Crippen LogP contribution in [0.3, 0.4) is 0 Å². The SMILES string of the molecule is CC(C)(C)c1ccc2c(c1)S/C(=C1\Sc3ccc(C(C)(C)C)cc3S1)S2. The first kappa shape index (κ1) is 18.9. The quantitative estimate of drug-likeness (QED) is 0.422. The van der Waals surface area contributed by atoms with Gasteiger partial charge in [-0.2, -0.15) is 0 Å². The van der Waals surface area contributed by atoms with Crippen molar-refractivity contribution in [3.8, 4) is 0 Å². The monoisotopic (exact) mass is 416 g/mol. The highest BCUT2D eigenvalue weighted by molar-refractivity contribution is 8.30.